The highest BCUT2D eigenvalue weighted by atomic mass is 16.6. The molecule has 0 spiro atoms. The second-order valence-corrected chi connectivity index (χ2v) is 4.19. The first-order valence-electron chi connectivity index (χ1n) is 6.10. The molecule has 2 N–H and O–H groups in total. The number of hydrogen-bond donors (Lipinski definition) is 2. The normalized spacial score (nSPS) is 16.5. The van der Waals surface area contributed by atoms with E-state index in [0.29, 0.717) is 18.1 Å². The summed E-state index contributed by atoms with van der Waals surface area (Å²) in [5.74, 6) is -0.188. The molecule has 1 atom stereocenters. The number of ether oxygens (including phenoxy) is 3. The van der Waals surface area contributed by atoms with Gasteiger partial charge in [-0.1, -0.05) is 12.1 Å². The van der Waals surface area contributed by atoms with Crippen LogP contribution in [0.4, 0.5) is 0 Å². The van der Waals surface area contributed by atoms with Gasteiger partial charge in [0.25, 0.3) is 0 Å². The van der Waals surface area contributed by atoms with Crippen LogP contribution in [-0.2, 0) is 14.3 Å². The number of para-hydroxylation sites is 2. The summed E-state index contributed by atoms with van der Waals surface area (Å²) >= 11 is 0. The van der Waals surface area contributed by atoms with E-state index in [1.54, 1.807) is 6.07 Å². The predicted octanol–water partition coefficient (Wildman–Crippen LogP) is 0.0438. The Bertz CT molecular complexity index is 490. The monoisotopic (exact) mass is 281 g/mol. The van der Waals surface area contributed by atoms with Crippen LogP contribution in [0.1, 0.15) is 0 Å². The number of carboxylic acid groups (broad SMARTS) is 1. The number of fused-ring (bicyclic) bond motifs is 1. The number of amides is 1. The average molecular weight is 281 g/mol. The van der Waals surface area contributed by atoms with Crippen LogP contribution >= 0.6 is 0 Å². The lowest BCUT2D eigenvalue weighted by Gasteiger charge is -2.26. The van der Waals surface area contributed by atoms with Gasteiger partial charge in [0.1, 0.15) is 25.9 Å². The highest BCUT2D eigenvalue weighted by molar-refractivity contribution is 5.77. The molecule has 108 valence electrons. The summed E-state index contributed by atoms with van der Waals surface area (Å²) in [6.45, 7) is -0.183. The molecule has 1 aliphatic rings. The molecule has 0 aromatic heterocycles. The Morgan fingerprint density at radius 2 is 2.05 bits per heavy atom. The predicted molar refractivity (Wildman–Crippen MR) is 67.8 cm³/mol. The lowest BCUT2D eigenvalue weighted by molar-refractivity contribution is -0.143. The molecule has 1 amide bonds. The molecule has 0 saturated heterocycles. The smallest absolute Gasteiger partial charge is 0.329 e. The number of carbonyl (C=O) groups is 2. The van der Waals surface area contributed by atoms with E-state index in [9.17, 15) is 9.59 Å². The van der Waals surface area contributed by atoms with Gasteiger partial charge in [0.05, 0.1) is 6.54 Å². The van der Waals surface area contributed by atoms with E-state index in [1.165, 1.54) is 0 Å². The van der Waals surface area contributed by atoms with Crippen molar-refractivity contribution in [3.8, 4) is 11.5 Å². The first-order valence-corrected chi connectivity index (χ1v) is 6.10. The van der Waals surface area contributed by atoms with Crippen molar-refractivity contribution >= 4 is 11.9 Å². The second kappa shape index (κ2) is 6.76. The molecule has 0 saturated carbocycles. The van der Waals surface area contributed by atoms with E-state index in [0.717, 1.165) is 0 Å². The standard InChI is InChI=1S/C13H15NO6/c15-12(7-18-8-13(16)17)14-5-9-6-19-10-3-1-2-4-11(10)20-9/h1-4,9H,5-8H2,(H,14,15)(H,16,17). The molecule has 0 radical (unpaired) electrons. The quantitative estimate of drug-likeness (QED) is 0.765. The van der Waals surface area contributed by atoms with Crippen molar-refractivity contribution in [2.45, 2.75) is 6.10 Å². The zero-order valence-electron chi connectivity index (χ0n) is 10.7. The van der Waals surface area contributed by atoms with Crippen LogP contribution < -0.4 is 14.8 Å². The third-order valence-corrected chi connectivity index (χ3v) is 2.55. The third-order valence-electron chi connectivity index (χ3n) is 2.55. The van der Waals surface area contributed by atoms with Gasteiger partial charge in [0.15, 0.2) is 11.5 Å². The highest BCUT2D eigenvalue weighted by Crippen LogP contribution is 2.30. The molecule has 7 heteroatoms. The molecule has 20 heavy (non-hydrogen) atoms. The fraction of sp³-hybridized carbons (Fsp3) is 0.385. The van der Waals surface area contributed by atoms with E-state index in [-0.39, 0.29) is 19.3 Å². The molecule has 2 rings (SSSR count). The van der Waals surface area contributed by atoms with Gasteiger partial charge in [-0.05, 0) is 12.1 Å². The summed E-state index contributed by atoms with van der Waals surface area (Å²) in [5, 5.41) is 11.0. The van der Waals surface area contributed by atoms with Crippen molar-refractivity contribution in [2.24, 2.45) is 0 Å². The molecule has 0 bridgehead atoms. The van der Waals surface area contributed by atoms with E-state index in [4.69, 9.17) is 14.6 Å². The number of rotatable bonds is 6. The molecule has 0 aliphatic carbocycles. The lowest BCUT2D eigenvalue weighted by atomic mass is 10.2. The summed E-state index contributed by atoms with van der Waals surface area (Å²) in [5.41, 5.74) is 0. The molecule has 1 heterocycles. The van der Waals surface area contributed by atoms with Crippen molar-refractivity contribution < 1.29 is 28.9 Å². The van der Waals surface area contributed by atoms with Gasteiger partial charge >= 0.3 is 5.97 Å². The molecular formula is C13H15NO6. The Balaban J connectivity index is 1.70. The topological polar surface area (TPSA) is 94.1 Å². The number of aliphatic carboxylic acids is 1. The summed E-state index contributed by atoms with van der Waals surface area (Å²) in [6.07, 6.45) is -0.284. The van der Waals surface area contributed by atoms with E-state index in [1.807, 2.05) is 18.2 Å². The number of nitrogens with one attached hydrogen (secondary N) is 1. The van der Waals surface area contributed by atoms with Gasteiger partial charge in [-0.3, -0.25) is 4.79 Å². The van der Waals surface area contributed by atoms with Gasteiger partial charge in [-0.2, -0.15) is 0 Å². The Morgan fingerprint density at radius 1 is 1.30 bits per heavy atom. The average Bonchev–Trinajstić information content (AvgIpc) is 2.44. The zero-order chi connectivity index (χ0) is 14.4. The van der Waals surface area contributed by atoms with Gasteiger partial charge in [-0.25, -0.2) is 4.79 Å². The zero-order valence-corrected chi connectivity index (χ0v) is 10.7. The SMILES string of the molecule is O=C(O)COCC(=O)NCC1COc2ccccc2O1. The van der Waals surface area contributed by atoms with Crippen LogP contribution in [0.2, 0.25) is 0 Å². The number of benzene rings is 1. The van der Waals surface area contributed by atoms with Crippen molar-refractivity contribution in [2.75, 3.05) is 26.4 Å². The maximum atomic E-state index is 11.4. The molecule has 1 aliphatic heterocycles. The summed E-state index contributed by atoms with van der Waals surface area (Å²) in [6, 6.07) is 7.29. The molecule has 0 fully saturated rings. The maximum absolute atomic E-state index is 11.4. The van der Waals surface area contributed by atoms with Gasteiger partial charge in [-0.15, -0.1) is 0 Å². The molecular weight excluding hydrogens is 266 g/mol. The van der Waals surface area contributed by atoms with Crippen molar-refractivity contribution in [1.82, 2.24) is 5.32 Å². The lowest BCUT2D eigenvalue weighted by Crippen LogP contribution is -2.41. The van der Waals surface area contributed by atoms with E-state index in [2.05, 4.69) is 10.1 Å². The largest absolute Gasteiger partial charge is 0.486 e. The Kier molecular flexibility index (Phi) is 4.78. The third kappa shape index (κ3) is 4.13. The molecule has 7 nitrogen and oxygen atoms in total. The van der Waals surface area contributed by atoms with Crippen LogP contribution in [0.15, 0.2) is 24.3 Å². The number of carboxylic acids is 1. The summed E-state index contributed by atoms with van der Waals surface area (Å²) < 4.78 is 15.8. The maximum Gasteiger partial charge on any atom is 0.329 e. The van der Waals surface area contributed by atoms with Crippen LogP contribution in [-0.4, -0.2) is 49.5 Å². The molecule has 1 unspecified atom stereocenters. The second-order valence-electron chi connectivity index (χ2n) is 4.19. The van der Waals surface area contributed by atoms with E-state index < -0.39 is 18.5 Å². The Labute approximate surface area is 115 Å². The first kappa shape index (κ1) is 14.1. The molecule has 1 aromatic rings. The van der Waals surface area contributed by atoms with Crippen molar-refractivity contribution in [3.05, 3.63) is 24.3 Å². The van der Waals surface area contributed by atoms with Gasteiger partial charge in [0.2, 0.25) is 5.91 Å². The fourth-order valence-electron chi connectivity index (χ4n) is 1.67. The van der Waals surface area contributed by atoms with Gasteiger partial charge in [0, 0.05) is 0 Å². The minimum absolute atomic E-state index is 0.267. The number of carbonyl (C=O) groups excluding carboxylic acids is 1. The van der Waals surface area contributed by atoms with Crippen molar-refractivity contribution in [1.29, 1.82) is 0 Å². The minimum atomic E-state index is -1.11. The summed E-state index contributed by atoms with van der Waals surface area (Å²) in [7, 11) is 0. The summed E-state index contributed by atoms with van der Waals surface area (Å²) in [4.78, 5) is 21.6. The Morgan fingerprint density at radius 3 is 2.80 bits per heavy atom. The van der Waals surface area contributed by atoms with Crippen molar-refractivity contribution in [3.63, 3.8) is 0 Å². The Hall–Kier alpha value is -2.28. The van der Waals surface area contributed by atoms with Crippen LogP contribution in [0.3, 0.4) is 0 Å². The first-order chi connectivity index (χ1) is 9.65. The molecule has 1 aromatic carbocycles. The highest BCUT2D eigenvalue weighted by Gasteiger charge is 2.20. The fourth-order valence-corrected chi connectivity index (χ4v) is 1.67. The van der Waals surface area contributed by atoms with Gasteiger partial charge < -0.3 is 24.6 Å². The van der Waals surface area contributed by atoms with Crippen LogP contribution in [0, 0.1) is 0 Å². The number of hydrogen-bond acceptors (Lipinski definition) is 5. The van der Waals surface area contributed by atoms with Crippen LogP contribution in [0.25, 0.3) is 0 Å². The minimum Gasteiger partial charge on any atom is -0.486 e. The van der Waals surface area contributed by atoms with E-state index >= 15 is 0 Å². The van der Waals surface area contributed by atoms with Crippen LogP contribution in [0.5, 0.6) is 11.5 Å².